The van der Waals surface area contributed by atoms with E-state index in [1.165, 1.54) is 0 Å². The molecule has 0 aliphatic heterocycles. The SMILES string of the molecule is COC(C)(C)CNc1nnc(C(C)N)o1. The minimum atomic E-state index is -0.275. The second kappa shape index (κ2) is 4.59. The quantitative estimate of drug-likeness (QED) is 0.758. The van der Waals surface area contributed by atoms with Gasteiger partial charge in [-0.2, -0.15) is 0 Å². The van der Waals surface area contributed by atoms with Crippen molar-refractivity contribution in [1.82, 2.24) is 10.2 Å². The molecule has 0 radical (unpaired) electrons. The zero-order valence-electron chi connectivity index (χ0n) is 9.57. The highest BCUT2D eigenvalue weighted by Gasteiger charge is 2.17. The number of nitrogens with two attached hydrogens (primary N) is 1. The van der Waals surface area contributed by atoms with E-state index in [9.17, 15) is 0 Å². The minimum absolute atomic E-state index is 0.247. The first-order valence-electron chi connectivity index (χ1n) is 4.82. The molecular formula is C9H18N4O2. The summed E-state index contributed by atoms with van der Waals surface area (Å²) in [4.78, 5) is 0. The first-order valence-corrected chi connectivity index (χ1v) is 4.82. The lowest BCUT2D eigenvalue weighted by molar-refractivity contribution is 0.0339. The zero-order chi connectivity index (χ0) is 11.5. The first-order chi connectivity index (χ1) is 6.94. The normalized spacial score (nSPS) is 13.9. The summed E-state index contributed by atoms with van der Waals surface area (Å²) in [6, 6.07) is 0.121. The largest absolute Gasteiger partial charge is 0.406 e. The van der Waals surface area contributed by atoms with Gasteiger partial charge in [0.25, 0.3) is 0 Å². The van der Waals surface area contributed by atoms with Gasteiger partial charge in [0.05, 0.1) is 11.6 Å². The van der Waals surface area contributed by atoms with E-state index in [4.69, 9.17) is 14.9 Å². The van der Waals surface area contributed by atoms with E-state index in [-0.39, 0.29) is 11.6 Å². The van der Waals surface area contributed by atoms with Crippen LogP contribution in [0.25, 0.3) is 0 Å². The standard InChI is InChI=1S/C9H18N4O2/c1-6(10)7-12-13-8(15-7)11-5-9(2,3)14-4/h6H,5,10H2,1-4H3,(H,11,13). The smallest absolute Gasteiger partial charge is 0.315 e. The Kier molecular flexibility index (Phi) is 3.65. The highest BCUT2D eigenvalue weighted by Crippen LogP contribution is 2.13. The van der Waals surface area contributed by atoms with E-state index in [0.29, 0.717) is 18.5 Å². The van der Waals surface area contributed by atoms with E-state index in [1.54, 1.807) is 14.0 Å². The average Bonchev–Trinajstić information content (AvgIpc) is 2.63. The fraction of sp³-hybridized carbons (Fsp3) is 0.778. The first kappa shape index (κ1) is 11.9. The van der Waals surface area contributed by atoms with Crippen LogP contribution in [0.5, 0.6) is 0 Å². The van der Waals surface area contributed by atoms with Crippen molar-refractivity contribution in [2.45, 2.75) is 32.4 Å². The third-order valence-corrected chi connectivity index (χ3v) is 2.05. The Balaban J connectivity index is 2.51. The molecule has 1 aromatic rings. The van der Waals surface area contributed by atoms with Crippen molar-refractivity contribution >= 4 is 6.01 Å². The summed E-state index contributed by atoms with van der Waals surface area (Å²) >= 11 is 0. The topological polar surface area (TPSA) is 86.2 Å². The zero-order valence-corrected chi connectivity index (χ0v) is 9.57. The number of hydrogen-bond acceptors (Lipinski definition) is 6. The van der Waals surface area contributed by atoms with Crippen molar-refractivity contribution in [3.8, 4) is 0 Å². The lowest BCUT2D eigenvalue weighted by Gasteiger charge is -2.22. The van der Waals surface area contributed by atoms with Crippen LogP contribution in [0.3, 0.4) is 0 Å². The number of nitrogens with zero attached hydrogens (tertiary/aromatic N) is 2. The van der Waals surface area contributed by atoms with Crippen LogP contribution >= 0.6 is 0 Å². The number of aromatic nitrogens is 2. The van der Waals surface area contributed by atoms with E-state index >= 15 is 0 Å². The van der Waals surface area contributed by atoms with Gasteiger partial charge in [0.2, 0.25) is 5.89 Å². The van der Waals surface area contributed by atoms with Crippen LogP contribution in [0.4, 0.5) is 6.01 Å². The summed E-state index contributed by atoms with van der Waals surface area (Å²) in [5, 5.41) is 10.6. The molecule has 0 saturated heterocycles. The molecule has 0 bridgehead atoms. The van der Waals surface area contributed by atoms with Crippen LogP contribution in [0.15, 0.2) is 4.42 Å². The predicted octanol–water partition coefficient (Wildman–Crippen LogP) is 0.926. The van der Waals surface area contributed by atoms with Crippen LogP contribution in [-0.4, -0.2) is 29.5 Å². The Morgan fingerprint density at radius 2 is 2.20 bits per heavy atom. The van der Waals surface area contributed by atoms with Crippen molar-refractivity contribution in [2.75, 3.05) is 19.0 Å². The fourth-order valence-corrected chi connectivity index (χ4v) is 0.851. The van der Waals surface area contributed by atoms with Gasteiger partial charge in [0, 0.05) is 13.7 Å². The van der Waals surface area contributed by atoms with Gasteiger partial charge >= 0.3 is 6.01 Å². The molecule has 1 heterocycles. The summed E-state index contributed by atoms with van der Waals surface area (Å²) in [7, 11) is 1.66. The lowest BCUT2D eigenvalue weighted by atomic mass is 10.1. The number of hydrogen-bond donors (Lipinski definition) is 2. The van der Waals surface area contributed by atoms with Crippen LogP contribution in [0.2, 0.25) is 0 Å². The summed E-state index contributed by atoms with van der Waals surface area (Å²) < 4.78 is 10.5. The molecule has 1 aromatic heterocycles. The third-order valence-electron chi connectivity index (χ3n) is 2.05. The molecule has 1 atom stereocenters. The molecule has 0 aliphatic rings. The Morgan fingerprint density at radius 1 is 1.53 bits per heavy atom. The summed E-state index contributed by atoms with van der Waals surface area (Å²) in [6.45, 7) is 6.30. The number of methoxy groups -OCH3 is 1. The summed E-state index contributed by atoms with van der Waals surface area (Å²) in [6.07, 6.45) is 0. The van der Waals surface area contributed by atoms with Crippen LogP contribution < -0.4 is 11.1 Å². The maximum atomic E-state index is 5.59. The number of nitrogens with one attached hydrogen (secondary N) is 1. The van der Waals surface area contributed by atoms with Gasteiger partial charge in [-0.3, -0.25) is 0 Å². The predicted molar refractivity (Wildman–Crippen MR) is 56.5 cm³/mol. The van der Waals surface area contributed by atoms with E-state index in [0.717, 1.165) is 0 Å². The number of ether oxygens (including phenoxy) is 1. The molecule has 6 nitrogen and oxygen atoms in total. The average molecular weight is 214 g/mol. The van der Waals surface area contributed by atoms with Crippen LogP contribution in [-0.2, 0) is 4.74 Å². The molecule has 1 unspecified atom stereocenters. The molecule has 15 heavy (non-hydrogen) atoms. The van der Waals surface area contributed by atoms with Crippen molar-refractivity contribution in [2.24, 2.45) is 5.73 Å². The van der Waals surface area contributed by atoms with Gasteiger partial charge in [-0.1, -0.05) is 5.10 Å². The Hall–Kier alpha value is -1.14. The number of anilines is 1. The highest BCUT2D eigenvalue weighted by molar-refractivity contribution is 5.18. The third kappa shape index (κ3) is 3.49. The Labute approximate surface area is 89.2 Å². The molecule has 0 aromatic carbocycles. The molecule has 3 N–H and O–H groups in total. The van der Waals surface area contributed by atoms with Crippen molar-refractivity contribution in [3.05, 3.63) is 5.89 Å². The second-order valence-corrected chi connectivity index (χ2v) is 4.05. The van der Waals surface area contributed by atoms with E-state index < -0.39 is 0 Å². The molecule has 86 valence electrons. The van der Waals surface area contributed by atoms with Gasteiger partial charge in [0.15, 0.2) is 0 Å². The lowest BCUT2D eigenvalue weighted by Crippen LogP contribution is -2.32. The van der Waals surface area contributed by atoms with Crippen molar-refractivity contribution < 1.29 is 9.15 Å². The maximum absolute atomic E-state index is 5.59. The van der Waals surface area contributed by atoms with E-state index in [2.05, 4.69) is 15.5 Å². The Bertz CT molecular complexity index is 309. The fourth-order valence-electron chi connectivity index (χ4n) is 0.851. The van der Waals surface area contributed by atoms with Crippen LogP contribution in [0, 0.1) is 0 Å². The molecule has 0 aliphatic carbocycles. The molecule has 0 amide bonds. The molecule has 0 saturated carbocycles. The molecule has 1 rings (SSSR count). The monoisotopic (exact) mass is 214 g/mol. The van der Waals surface area contributed by atoms with Gasteiger partial charge in [-0.15, -0.1) is 5.10 Å². The molecule has 6 heteroatoms. The molecule has 0 fully saturated rings. The van der Waals surface area contributed by atoms with E-state index in [1.807, 2.05) is 13.8 Å². The Morgan fingerprint density at radius 3 is 2.67 bits per heavy atom. The second-order valence-electron chi connectivity index (χ2n) is 4.05. The summed E-state index contributed by atoms with van der Waals surface area (Å²) in [5.41, 5.74) is 5.31. The maximum Gasteiger partial charge on any atom is 0.315 e. The minimum Gasteiger partial charge on any atom is -0.406 e. The van der Waals surface area contributed by atoms with Gasteiger partial charge in [-0.25, -0.2) is 0 Å². The molecule has 0 spiro atoms. The van der Waals surface area contributed by atoms with Gasteiger partial charge in [-0.05, 0) is 20.8 Å². The van der Waals surface area contributed by atoms with Gasteiger partial charge < -0.3 is 20.2 Å². The molecular weight excluding hydrogens is 196 g/mol. The van der Waals surface area contributed by atoms with Crippen LogP contribution in [0.1, 0.15) is 32.7 Å². The van der Waals surface area contributed by atoms with Crippen molar-refractivity contribution in [1.29, 1.82) is 0 Å². The van der Waals surface area contributed by atoms with Crippen molar-refractivity contribution in [3.63, 3.8) is 0 Å². The van der Waals surface area contributed by atoms with Gasteiger partial charge in [0.1, 0.15) is 0 Å². The summed E-state index contributed by atoms with van der Waals surface area (Å²) in [5.74, 6) is 0.424. The highest BCUT2D eigenvalue weighted by atomic mass is 16.5. The number of rotatable bonds is 5.